The van der Waals surface area contributed by atoms with Crippen molar-refractivity contribution in [1.82, 2.24) is 19.7 Å². The molecule has 3 heterocycles. The van der Waals surface area contributed by atoms with Crippen molar-refractivity contribution in [2.45, 2.75) is 38.6 Å². The first kappa shape index (κ1) is 15.6. The van der Waals surface area contributed by atoms with Crippen LogP contribution in [0.2, 0.25) is 0 Å². The van der Waals surface area contributed by atoms with Gasteiger partial charge < -0.3 is 4.90 Å². The third-order valence-corrected chi connectivity index (χ3v) is 5.34. The van der Waals surface area contributed by atoms with E-state index in [2.05, 4.69) is 50.8 Å². The molecule has 5 nitrogen and oxygen atoms in total. The van der Waals surface area contributed by atoms with Crippen molar-refractivity contribution in [2.75, 3.05) is 31.1 Å². The van der Waals surface area contributed by atoms with E-state index < -0.39 is 0 Å². The van der Waals surface area contributed by atoms with Crippen LogP contribution in [0.15, 0.2) is 24.7 Å². The predicted molar refractivity (Wildman–Crippen MR) is 96.3 cm³/mol. The fourth-order valence-electron chi connectivity index (χ4n) is 3.93. The van der Waals surface area contributed by atoms with Crippen molar-refractivity contribution in [2.24, 2.45) is 7.05 Å². The standard InChI is InChI=1S/C19H27N5/c1-15-12-20-7-6-18(15)24-9-3-8-23(10-11-24)14-17-13-21-22(2)19(17)16-4-5-16/h6-7,12-13,16H,3-5,8-11,14H2,1-2H3. The zero-order valence-corrected chi connectivity index (χ0v) is 14.8. The third kappa shape index (κ3) is 3.18. The average molecular weight is 325 g/mol. The lowest BCUT2D eigenvalue weighted by Crippen LogP contribution is -2.31. The topological polar surface area (TPSA) is 37.2 Å². The van der Waals surface area contributed by atoms with Gasteiger partial charge >= 0.3 is 0 Å². The Hall–Kier alpha value is -1.88. The van der Waals surface area contributed by atoms with Crippen LogP contribution in [-0.2, 0) is 13.6 Å². The molecule has 0 spiro atoms. The lowest BCUT2D eigenvalue weighted by molar-refractivity contribution is 0.284. The minimum Gasteiger partial charge on any atom is -0.370 e. The van der Waals surface area contributed by atoms with E-state index >= 15 is 0 Å². The maximum atomic E-state index is 4.51. The lowest BCUT2D eigenvalue weighted by atomic mass is 10.1. The summed E-state index contributed by atoms with van der Waals surface area (Å²) in [6.07, 6.45) is 9.84. The molecular weight excluding hydrogens is 298 g/mol. The molecule has 2 fully saturated rings. The van der Waals surface area contributed by atoms with Crippen LogP contribution in [0.1, 0.15) is 42.0 Å². The summed E-state index contributed by atoms with van der Waals surface area (Å²) in [5.41, 5.74) is 5.52. The second kappa shape index (κ2) is 6.55. The summed E-state index contributed by atoms with van der Waals surface area (Å²) in [6, 6.07) is 2.15. The number of hydrogen-bond acceptors (Lipinski definition) is 4. The average Bonchev–Trinajstić information content (AvgIpc) is 3.37. The van der Waals surface area contributed by atoms with E-state index in [1.165, 1.54) is 48.3 Å². The van der Waals surface area contributed by atoms with Crippen LogP contribution in [0.3, 0.4) is 0 Å². The van der Waals surface area contributed by atoms with Crippen molar-refractivity contribution in [3.63, 3.8) is 0 Å². The summed E-state index contributed by atoms with van der Waals surface area (Å²) in [5, 5.41) is 4.51. The molecule has 0 N–H and O–H groups in total. The van der Waals surface area contributed by atoms with E-state index in [0.717, 1.165) is 32.1 Å². The highest BCUT2D eigenvalue weighted by Crippen LogP contribution is 2.41. The molecule has 0 unspecified atom stereocenters. The molecule has 0 amide bonds. The fraction of sp³-hybridized carbons (Fsp3) is 0.579. The number of hydrogen-bond donors (Lipinski definition) is 0. The Balaban J connectivity index is 1.43. The maximum Gasteiger partial charge on any atom is 0.0537 e. The van der Waals surface area contributed by atoms with Crippen LogP contribution in [0.4, 0.5) is 5.69 Å². The molecule has 2 aliphatic rings. The zero-order chi connectivity index (χ0) is 16.5. The molecule has 0 bridgehead atoms. The quantitative estimate of drug-likeness (QED) is 0.866. The largest absolute Gasteiger partial charge is 0.370 e. The Morgan fingerprint density at radius 3 is 2.79 bits per heavy atom. The molecule has 128 valence electrons. The summed E-state index contributed by atoms with van der Waals surface area (Å²) in [4.78, 5) is 9.33. The van der Waals surface area contributed by atoms with Crippen molar-refractivity contribution in [3.05, 3.63) is 41.5 Å². The van der Waals surface area contributed by atoms with Crippen LogP contribution in [0.25, 0.3) is 0 Å². The smallest absolute Gasteiger partial charge is 0.0537 e. The van der Waals surface area contributed by atoms with E-state index in [1.54, 1.807) is 0 Å². The number of rotatable bonds is 4. The molecule has 1 saturated heterocycles. The van der Waals surface area contributed by atoms with Crippen LogP contribution in [-0.4, -0.2) is 45.8 Å². The van der Waals surface area contributed by atoms with Gasteiger partial charge in [-0.15, -0.1) is 0 Å². The number of aromatic nitrogens is 3. The normalized spacial score (nSPS) is 19.5. The van der Waals surface area contributed by atoms with Gasteiger partial charge in [-0.25, -0.2) is 0 Å². The number of aryl methyl sites for hydroxylation is 2. The molecule has 1 aliphatic heterocycles. The monoisotopic (exact) mass is 325 g/mol. The van der Waals surface area contributed by atoms with Gasteiger partial charge in [0, 0.05) is 75.0 Å². The molecule has 5 heteroatoms. The molecule has 2 aromatic rings. The number of pyridine rings is 1. The maximum absolute atomic E-state index is 4.51. The highest BCUT2D eigenvalue weighted by atomic mass is 15.3. The Morgan fingerprint density at radius 2 is 2.00 bits per heavy atom. The van der Waals surface area contributed by atoms with Gasteiger partial charge in [0.2, 0.25) is 0 Å². The summed E-state index contributed by atoms with van der Waals surface area (Å²) < 4.78 is 2.09. The number of nitrogens with zero attached hydrogens (tertiary/aromatic N) is 5. The van der Waals surface area contributed by atoms with E-state index in [0.29, 0.717) is 0 Å². The zero-order valence-electron chi connectivity index (χ0n) is 14.8. The molecule has 0 aromatic carbocycles. The highest BCUT2D eigenvalue weighted by molar-refractivity contribution is 5.51. The highest BCUT2D eigenvalue weighted by Gasteiger charge is 2.30. The lowest BCUT2D eigenvalue weighted by Gasteiger charge is -2.25. The van der Waals surface area contributed by atoms with Gasteiger partial charge in [-0.3, -0.25) is 14.6 Å². The molecule has 1 saturated carbocycles. The van der Waals surface area contributed by atoms with E-state index in [4.69, 9.17) is 0 Å². The summed E-state index contributed by atoms with van der Waals surface area (Å²) >= 11 is 0. The van der Waals surface area contributed by atoms with Crippen molar-refractivity contribution >= 4 is 5.69 Å². The molecule has 1 aliphatic carbocycles. The Labute approximate surface area is 144 Å². The minimum atomic E-state index is 0.760. The molecule has 0 atom stereocenters. The van der Waals surface area contributed by atoms with Gasteiger partial charge in [0.05, 0.1) is 6.20 Å². The second-order valence-electron chi connectivity index (χ2n) is 7.23. The van der Waals surface area contributed by atoms with Crippen LogP contribution >= 0.6 is 0 Å². The van der Waals surface area contributed by atoms with E-state index in [-0.39, 0.29) is 0 Å². The Bertz CT molecular complexity index is 704. The van der Waals surface area contributed by atoms with Gasteiger partial charge in [0.15, 0.2) is 0 Å². The second-order valence-corrected chi connectivity index (χ2v) is 7.23. The first-order valence-electron chi connectivity index (χ1n) is 9.11. The summed E-state index contributed by atoms with van der Waals surface area (Å²) in [6.45, 7) is 7.69. The van der Waals surface area contributed by atoms with Gasteiger partial charge in [-0.2, -0.15) is 5.10 Å². The first-order valence-corrected chi connectivity index (χ1v) is 9.11. The van der Waals surface area contributed by atoms with Crippen LogP contribution in [0, 0.1) is 6.92 Å². The van der Waals surface area contributed by atoms with E-state index in [9.17, 15) is 0 Å². The Kier molecular flexibility index (Phi) is 4.27. The van der Waals surface area contributed by atoms with Gasteiger partial charge in [-0.1, -0.05) is 0 Å². The molecule has 2 aromatic heterocycles. The van der Waals surface area contributed by atoms with Crippen molar-refractivity contribution in [1.29, 1.82) is 0 Å². The van der Waals surface area contributed by atoms with Gasteiger partial charge in [0.1, 0.15) is 0 Å². The minimum absolute atomic E-state index is 0.760. The first-order chi connectivity index (χ1) is 11.7. The SMILES string of the molecule is Cc1cnccc1N1CCCN(Cc2cnn(C)c2C2CC2)CC1. The molecule has 4 rings (SSSR count). The molecule has 24 heavy (non-hydrogen) atoms. The Morgan fingerprint density at radius 1 is 1.12 bits per heavy atom. The van der Waals surface area contributed by atoms with Crippen molar-refractivity contribution in [3.8, 4) is 0 Å². The predicted octanol–water partition coefficient (Wildman–Crippen LogP) is 2.71. The van der Waals surface area contributed by atoms with Crippen LogP contribution < -0.4 is 4.90 Å². The molecular formula is C19H27N5. The molecule has 0 radical (unpaired) electrons. The summed E-state index contributed by atoms with van der Waals surface area (Å²) in [5.74, 6) is 0.760. The van der Waals surface area contributed by atoms with Crippen molar-refractivity contribution < 1.29 is 0 Å². The van der Waals surface area contributed by atoms with Crippen LogP contribution in [0.5, 0.6) is 0 Å². The number of anilines is 1. The van der Waals surface area contributed by atoms with Gasteiger partial charge in [0.25, 0.3) is 0 Å². The third-order valence-electron chi connectivity index (χ3n) is 5.34. The summed E-state index contributed by atoms with van der Waals surface area (Å²) in [7, 11) is 2.09. The fourth-order valence-corrected chi connectivity index (χ4v) is 3.93. The van der Waals surface area contributed by atoms with E-state index in [1.807, 2.05) is 12.4 Å². The van der Waals surface area contributed by atoms with Gasteiger partial charge in [-0.05, 0) is 37.8 Å².